The lowest BCUT2D eigenvalue weighted by atomic mass is 10.1. The van der Waals surface area contributed by atoms with Crippen molar-refractivity contribution in [1.82, 2.24) is 4.57 Å². The zero-order valence-corrected chi connectivity index (χ0v) is 10.1. The van der Waals surface area contributed by atoms with Crippen molar-refractivity contribution in [1.29, 1.82) is 0 Å². The van der Waals surface area contributed by atoms with Crippen LogP contribution in [-0.4, -0.2) is 10.9 Å². The van der Waals surface area contributed by atoms with E-state index >= 15 is 0 Å². The van der Waals surface area contributed by atoms with E-state index in [0.717, 1.165) is 18.4 Å². The van der Waals surface area contributed by atoms with Gasteiger partial charge in [-0.25, -0.2) is 0 Å². The maximum atomic E-state index is 12.1. The number of carbonyl (C=O) groups is 1. The van der Waals surface area contributed by atoms with Gasteiger partial charge in [-0.05, 0) is 25.0 Å². The molecular formula is C15H15NO2. The number of hydrogen-bond donors (Lipinski definition) is 0. The number of rotatable bonds is 2. The lowest BCUT2D eigenvalue weighted by molar-refractivity contribution is 0.112. The molecule has 1 aromatic carbocycles. The van der Waals surface area contributed by atoms with Gasteiger partial charge in [-0.1, -0.05) is 25.0 Å². The fourth-order valence-electron chi connectivity index (χ4n) is 2.89. The zero-order chi connectivity index (χ0) is 12.5. The van der Waals surface area contributed by atoms with Crippen molar-refractivity contribution in [2.24, 2.45) is 0 Å². The topological polar surface area (TPSA) is 39.1 Å². The van der Waals surface area contributed by atoms with Gasteiger partial charge in [0.25, 0.3) is 0 Å². The largest absolute Gasteiger partial charge is 0.343 e. The van der Waals surface area contributed by atoms with Crippen LogP contribution in [0.5, 0.6) is 0 Å². The molecule has 92 valence electrons. The van der Waals surface area contributed by atoms with E-state index < -0.39 is 0 Å². The second-order valence-electron chi connectivity index (χ2n) is 4.89. The Morgan fingerprint density at radius 1 is 1.17 bits per heavy atom. The molecular weight excluding hydrogens is 226 g/mol. The summed E-state index contributed by atoms with van der Waals surface area (Å²) < 4.78 is 2.12. The quantitative estimate of drug-likeness (QED) is 0.758. The highest BCUT2D eigenvalue weighted by Gasteiger charge is 2.19. The molecule has 3 heteroatoms. The molecule has 0 saturated heterocycles. The van der Waals surface area contributed by atoms with Crippen molar-refractivity contribution in [3.05, 3.63) is 46.2 Å². The lowest BCUT2D eigenvalue weighted by Gasteiger charge is -2.18. The first kappa shape index (κ1) is 11.2. The Balaban J connectivity index is 2.32. The van der Waals surface area contributed by atoms with Gasteiger partial charge in [0.05, 0.1) is 11.1 Å². The second-order valence-corrected chi connectivity index (χ2v) is 4.89. The molecule has 1 aromatic heterocycles. The van der Waals surface area contributed by atoms with Crippen LogP contribution in [0.2, 0.25) is 0 Å². The van der Waals surface area contributed by atoms with Gasteiger partial charge in [-0.3, -0.25) is 9.59 Å². The predicted molar refractivity (Wildman–Crippen MR) is 71.1 cm³/mol. The summed E-state index contributed by atoms with van der Waals surface area (Å²) in [7, 11) is 0. The number of aromatic nitrogens is 1. The number of nitrogens with zero attached hydrogens (tertiary/aromatic N) is 1. The molecule has 3 rings (SSSR count). The molecule has 18 heavy (non-hydrogen) atoms. The second kappa shape index (κ2) is 4.41. The van der Waals surface area contributed by atoms with Crippen molar-refractivity contribution in [2.45, 2.75) is 31.7 Å². The Kier molecular flexibility index (Phi) is 2.74. The number of para-hydroxylation sites is 1. The summed E-state index contributed by atoms with van der Waals surface area (Å²) in [5, 5.41) is 0.647. The summed E-state index contributed by atoms with van der Waals surface area (Å²) >= 11 is 0. The van der Waals surface area contributed by atoms with E-state index in [2.05, 4.69) is 4.57 Å². The van der Waals surface area contributed by atoms with Crippen LogP contribution < -0.4 is 5.43 Å². The molecule has 3 nitrogen and oxygen atoms in total. The third kappa shape index (κ3) is 1.67. The summed E-state index contributed by atoms with van der Waals surface area (Å²) in [6, 6.07) is 7.97. The first-order valence-electron chi connectivity index (χ1n) is 6.40. The van der Waals surface area contributed by atoms with Gasteiger partial charge < -0.3 is 4.57 Å². The van der Waals surface area contributed by atoms with E-state index in [1.807, 2.05) is 18.2 Å². The molecule has 0 unspecified atom stereocenters. The minimum absolute atomic E-state index is 0.158. The third-order valence-corrected chi connectivity index (χ3v) is 3.81. The molecule has 1 fully saturated rings. The highest BCUT2D eigenvalue weighted by molar-refractivity contribution is 5.86. The minimum Gasteiger partial charge on any atom is -0.343 e. The molecule has 0 atom stereocenters. The first-order valence-corrected chi connectivity index (χ1v) is 6.40. The Labute approximate surface area is 105 Å². The van der Waals surface area contributed by atoms with E-state index in [0.29, 0.717) is 17.7 Å². The highest BCUT2D eigenvalue weighted by Crippen LogP contribution is 2.31. The molecule has 0 aliphatic heterocycles. The maximum absolute atomic E-state index is 12.1. The van der Waals surface area contributed by atoms with Crippen LogP contribution in [0.3, 0.4) is 0 Å². The summed E-state index contributed by atoms with van der Waals surface area (Å²) in [6.07, 6.45) is 7.10. The number of aldehydes is 1. The van der Waals surface area contributed by atoms with Gasteiger partial charge >= 0.3 is 0 Å². The number of fused-ring (bicyclic) bond motifs is 1. The number of pyridine rings is 1. The predicted octanol–water partition coefficient (Wildman–Crippen LogP) is 2.93. The average Bonchev–Trinajstić information content (AvgIpc) is 2.93. The Morgan fingerprint density at radius 3 is 2.61 bits per heavy atom. The smallest absolute Gasteiger partial charge is 0.199 e. The van der Waals surface area contributed by atoms with Crippen molar-refractivity contribution in [3.8, 4) is 0 Å². The van der Waals surface area contributed by atoms with Crippen molar-refractivity contribution in [3.63, 3.8) is 0 Å². The fraction of sp³-hybridized carbons (Fsp3) is 0.333. The van der Waals surface area contributed by atoms with E-state index in [-0.39, 0.29) is 11.0 Å². The third-order valence-electron chi connectivity index (χ3n) is 3.81. The molecule has 1 aliphatic rings. The molecule has 1 saturated carbocycles. The molecule has 0 radical (unpaired) electrons. The monoisotopic (exact) mass is 241 g/mol. The fourth-order valence-corrected chi connectivity index (χ4v) is 2.89. The van der Waals surface area contributed by atoms with E-state index in [1.54, 1.807) is 12.3 Å². The van der Waals surface area contributed by atoms with Crippen LogP contribution in [0.25, 0.3) is 10.9 Å². The summed E-state index contributed by atoms with van der Waals surface area (Å²) in [6.45, 7) is 0. The minimum atomic E-state index is -0.158. The summed E-state index contributed by atoms with van der Waals surface area (Å²) in [5.74, 6) is 0. The van der Waals surface area contributed by atoms with Gasteiger partial charge in [0.15, 0.2) is 11.7 Å². The summed E-state index contributed by atoms with van der Waals surface area (Å²) in [5.41, 5.74) is 1.05. The molecule has 2 aromatic rings. The van der Waals surface area contributed by atoms with Crippen LogP contribution in [0.4, 0.5) is 0 Å². The molecule has 0 bridgehead atoms. The number of hydrogen-bond acceptors (Lipinski definition) is 2. The Morgan fingerprint density at radius 2 is 1.89 bits per heavy atom. The Bertz CT molecular complexity index is 651. The normalized spacial score (nSPS) is 16.2. The van der Waals surface area contributed by atoms with Crippen LogP contribution >= 0.6 is 0 Å². The van der Waals surface area contributed by atoms with Gasteiger partial charge in [0.2, 0.25) is 0 Å². The van der Waals surface area contributed by atoms with Crippen LogP contribution in [0, 0.1) is 0 Å². The zero-order valence-electron chi connectivity index (χ0n) is 10.1. The van der Waals surface area contributed by atoms with Crippen LogP contribution in [0.15, 0.2) is 35.3 Å². The molecule has 1 aliphatic carbocycles. The SMILES string of the molecule is O=Cc1cn(C2CCCC2)c2ccccc2c1=O. The maximum Gasteiger partial charge on any atom is 0.199 e. The van der Waals surface area contributed by atoms with Gasteiger partial charge in [-0.2, -0.15) is 0 Å². The lowest BCUT2D eigenvalue weighted by Crippen LogP contribution is -2.16. The van der Waals surface area contributed by atoms with Crippen LogP contribution in [-0.2, 0) is 0 Å². The van der Waals surface area contributed by atoms with Crippen molar-refractivity contribution >= 4 is 17.2 Å². The van der Waals surface area contributed by atoms with Crippen LogP contribution in [0.1, 0.15) is 42.1 Å². The van der Waals surface area contributed by atoms with Crippen molar-refractivity contribution in [2.75, 3.05) is 0 Å². The van der Waals surface area contributed by atoms with Gasteiger partial charge in [0.1, 0.15) is 0 Å². The standard InChI is InChI=1S/C15H15NO2/c17-10-11-9-16(12-5-1-2-6-12)14-8-4-3-7-13(14)15(11)18/h3-4,7-10,12H,1-2,5-6H2. The highest BCUT2D eigenvalue weighted by atomic mass is 16.1. The molecule has 1 heterocycles. The summed E-state index contributed by atoms with van der Waals surface area (Å²) in [4.78, 5) is 23.1. The molecule has 0 amide bonds. The van der Waals surface area contributed by atoms with Gasteiger partial charge in [-0.15, -0.1) is 0 Å². The Hall–Kier alpha value is -1.90. The van der Waals surface area contributed by atoms with E-state index in [1.165, 1.54) is 12.8 Å². The molecule has 0 spiro atoms. The number of carbonyl (C=O) groups excluding carboxylic acids is 1. The molecule has 0 N–H and O–H groups in total. The van der Waals surface area contributed by atoms with E-state index in [4.69, 9.17) is 0 Å². The van der Waals surface area contributed by atoms with Gasteiger partial charge in [0, 0.05) is 17.6 Å². The van der Waals surface area contributed by atoms with E-state index in [9.17, 15) is 9.59 Å². The van der Waals surface area contributed by atoms with Crippen molar-refractivity contribution < 1.29 is 4.79 Å². The first-order chi connectivity index (χ1) is 8.81. The average molecular weight is 241 g/mol. The number of benzene rings is 1.